The first-order valence-electron chi connectivity index (χ1n) is 5.77. The highest BCUT2D eigenvalue weighted by molar-refractivity contribution is 5.75. The van der Waals surface area contributed by atoms with Crippen molar-refractivity contribution in [3.8, 4) is 0 Å². The first kappa shape index (κ1) is 12.8. The zero-order chi connectivity index (χ0) is 11.8. The average molecular weight is 224 g/mol. The lowest BCUT2D eigenvalue weighted by Gasteiger charge is -2.10. The molecule has 0 saturated carbocycles. The third-order valence-electron chi connectivity index (χ3n) is 2.34. The van der Waals surface area contributed by atoms with Gasteiger partial charge in [-0.1, -0.05) is 6.92 Å². The van der Waals surface area contributed by atoms with Crippen LogP contribution >= 0.6 is 0 Å². The van der Waals surface area contributed by atoms with Gasteiger partial charge < -0.3 is 15.1 Å². The van der Waals surface area contributed by atoms with Crippen LogP contribution in [0, 0.1) is 0 Å². The lowest BCUT2D eigenvalue weighted by atomic mass is 10.2. The monoisotopic (exact) mass is 224 g/mol. The molecule has 16 heavy (non-hydrogen) atoms. The molecule has 2 N–H and O–H groups in total. The van der Waals surface area contributed by atoms with E-state index in [1.165, 1.54) is 0 Å². The Bertz CT molecular complexity index is 296. The highest BCUT2D eigenvalue weighted by Gasteiger charge is 2.07. The van der Waals surface area contributed by atoms with Crippen molar-refractivity contribution in [2.24, 2.45) is 0 Å². The molecular weight excluding hydrogens is 204 g/mol. The predicted molar refractivity (Wildman–Crippen MR) is 63.0 cm³/mol. The van der Waals surface area contributed by atoms with E-state index < -0.39 is 0 Å². The Morgan fingerprint density at radius 1 is 1.50 bits per heavy atom. The number of hydrogen-bond acceptors (Lipinski definition) is 3. The summed E-state index contributed by atoms with van der Waals surface area (Å²) in [5.74, 6) is 0.995. The average Bonchev–Trinajstić information content (AvgIpc) is 2.79. The van der Waals surface area contributed by atoms with Crippen molar-refractivity contribution in [2.75, 3.05) is 13.1 Å². The van der Waals surface area contributed by atoms with Gasteiger partial charge in [0.1, 0.15) is 5.76 Å². The van der Waals surface area contributed by atoms with Crippen molar-refractivity contribution in [1.82, 2.24) is 10.6 Å². The molecule has 1 atom stereocenters. The second kappa shape index (κ2) is 7.06. The standard InChI is InChI=1S/C12H20N2O2/c1-3-7-14-12(15)6-8-13-10(2)11-5-4-9-16-11/h4-5,9-10,13H,3,6-8H2,1-2H3,(H,14,15). The largest absolute Gasteiger partial charge is 0.468 e. The van der Waals surface area contributed by atoms with E-state index in [0.29, 0.717) is 13.0 Å². The van der Waals surface area contributed by atoms with Gasteiger partial charge in [-0.2, -0.15) is 0 Å². The van der Waals surface area contributed by atoms with Crippen molar-refractivity contribution >= 4 is 5.91 Å². The van der Waals surface area contributed by atoms with Crippen LogP contribution in [-0.2, 0) is 4.79 Å². The lowest BCUT2D eigenvalue weighted by Crippen LogP contribution is -2.29. The smallest absolute Gasteiger partial charge is 0.221 e. The van der Waals surface area contributed by atoms with Crippen LogP contribution < -0.4 is 10.6 Å². The topological polar surface area (TPSA) is 54.3 Å². The molecule has 4 heteroatoms. The van der Waals surface area contributed by atoms with Crippen LogP contribution in [0.25, 0.3) is 0 Å². The van der Waals surface area contributed by atoms with Crippen LogP contribution in [0.1, 0.15) is 38.5 Å². The van der Waals surface area contributed by atoms with E-state index in [9.17, 15) is 4.79 Å². The van der Waals surface area contributed by atoms with Crippen molar-refractivity contribution < 1.29 is 9.21 Å². The summed E-state index contributed by atoms with van der Waals surface area (Å²) in [6.45, 7) is 5.48. The van der Waals surface area contributed by atoms with Gasteiger partial charge in [-0.25, -0.2) is 0 Å². The van der Waals surface area contributed by atoms with Crippen molar-refractivity contribution in [1.29, 1.82) is 0 Å². The SMILES string of the molecule is CCCNC(=O)CCNC(C)c1ccco1. The molecule has 0 radical (unpaired) electrons. The van der Waals surface area contributed by atoms with Crippen LogP contribution in [0.3, 0.4) is 0 Å². The molecule has 0 aliphatic heterocycles. The Balaban J connectivity index is 2.13. The molecule has 90 valence electrons. The van der Waals surface area contributed by atoms with Gasteiger partial charge in [0.05, 0.1) is 12.3 Å². The number of amides is 1. The maximum atomic E-state index is 11.3. The maximum Gasteiger partial charge on any atom is 0.221 e. The molecule has 1 heterocycles. The highest BCUT2D eigenvalue weighted by Crippen LogP contribution is 2.11. The maximum absolute atomic E-state index is 11.3. The van der Waals surface area contributed by atoms with Crippen LogP contribution in [0.5, 0.6) is 0 Å². The van der Waals surface area contributed by atoms with Gasteiger partial charge in [0.15, 0.2) is 0 Å². The molecule has 0 aromatic carbocycles. The van der Waals surface area contributed by atoms with Crippen LogP contribution in [-0.4, -0.2) is 19.0 Å². The van der Waals surface area contributed by atoms with Crippen molar-refractivity contribution in [2.45, 2.75) is 32.7 Å². The molecule has 0 fully saturated rings. The van der Waals surface area contributed by atoms with E-state index in [2.05, 4.69) is 10.6 Å². The second-order valence-electron chi connectivity index (χ2n) is 3.79. The van der Waals surface area contributed by atoms with Gasteiger partial charge >= 0.3 is 0 Å². The summed E-state index contributed by atoms with van der Waals surface area (Å²) >= 11 is 0. The predicted octanol–water partition coefficient (Wildman–Crippen LogP) is 1.85. The first-order chi connectivity index (χ1) is 7.74. The van der Waals surface area contributed by atoms with Gasteiger partial charge in [0, 0.05) is 19.5 Å². The molecule has 0 spiro atoms. The van der Waals surface area contributed by atoms with E-state index in [1.807, 2.05) is 26.0 Å². The Kier molecular flexibility index (Phi) is 5.64. The molecule has 4 nitrogen and oxygen atoms in total. The fraction of sp³-hybridized carbons (Fsp3) is 0.583. The normalized spacial score (nSPS) is 12.4. The van der Waals surface area contributed by atoms with Crippen LogP contribution in [0.2, 0.25) is 0 Å². The van der Waals surface area contributed by atoms with Gasteiger partial charge in [0.25, 0.3) is 0 Å². The Morgan fingerprint density at radius 3 is 2.94 bits per heavy atom. The molecule has 1 aromatic rings. The van der Waals surface area contributed by atoms with Gasteiger partial charge in [-0.15, -0.1) is 0 Å². The van der Waals surface area contributed by atoms with E-state index in [0.717, 1.165) is 18.7 Å². The molecule has 0 aliphatic rings. The fourth-order valence-corrected chi connectivity index (χ4v) is 1.39. The molecule has 1 aromatic heterocycles. The number of hydrogen-bond donors (Lipinski definition) is 2. The minimum Gasteiger partial charge on any atom is -0.468 e. The summed E-state index contributed by atoms with van der Waals surface area (Å²) < 4.78 is 5.25. The van der Waals surface area contributed by atoms with Gasteiger partial charge in [-0.05, 0) is 25.5 Å². The number of nitrogens with one attached hydrogen (secondary N) is 2. The zero-order valence-electron chi connectivity index (χ0n) is 9.95. The number of carbonyl (C=O) groups is 1. The summed E-state index contributed by atoms with van der Waals surface area (Å²) in [7, 11) is 0. The molecule has 0 saturated heterocycles. The van der Waals surface area contributed by atoms with Crippen LogP contribution in [0.15, 0.2) is 22.8 Å². The molecular formula is C12H20N2O2. The zero-order valence-corrected chi connectivity index (χ0v) is 9.95. The Labute approximate surface area is 96.4 Å². The summed E-state index contributed by atoms with van der Waals surface area (Å²) in [5.41, 5.74) is 0. The minimum atomic E-state index is 0.0981. The fourth-order valence-electron chi connectivity index (χ4n) is 1.39. The molecule has 1 unspecified atom stereocenters. The molecule has 1 rings (SSSR count). The van der Waals surface area contributed by atoms with E-state index in [1.54, 1.807) is 6.26 Å². The van der Waals surface area contributed by atoms with Gasteiger partial charge in [-0.3, -0.25) is 4.79 Å². The number of furan rings is 1. The summed E-state index contributed by atoms with van der Waals surface area (Å²) in [6.07, 6.45) is 3.13. The van der Waals surface area contributed by atoms with E-state index >= 15 is 0 Å². The summed E-state index contributed by atoms with van der Waals surface area (Å²) in [6, 6.07) is 3.94. The molecule has 0 aliphatic carbocycles. The molecule has 1 amide bonds. The minimum absolute atomic E-state index is 0.0981. The van der Waals surface area contributed by atoms with Crippen LogP contribution in [0.4, 0.5) is 0 Å². The quantitative estimate of drug-likeness (QED) is 0.743. The summed E-state index contributed by atoms with van der Waals surface area (Å²) in [4.78, 5) is 11.3. The van der Waals surface area contributed by atoms with Crippen molar-refractivity contribution in [3.05, 3.63) is 24.2 Å². The first-order valence-corrected chi connectivity index (χ1v) is 5.77. The second-order valence-corrected chi connectivity index (χ2v) is 3.79. The third kappa shape index (κ3) is 4.49. The van der Waals surface area contributed by atoms with E-state index in [4.69, 9.17) is 4.42 Å². The summed E-state index contributed by atoms with van der Waals surface area (Å²) in [5, 5.41) is 6.08. The van der Waals surface area contributed by atoms with Gasteiger partial charge in [0.2, 0.25) is 5.91 Å². The Morgan fingerprint density at radius 2 is 2.31 bits per heavy atom. The highest BCUT2D eigenvalue weighted by atomic mass is 16.3. The third-order valence-corrected chi connectivity index (χ3v) is 2.34. The lowest BCUT2D eigenvalue weighted by molar-refractivity contribution is -0.121. The Hall–Kier alpha value is -1.29. The van der Waals surface area contributed by atoms with E-state index in [-0.39, 0.29) is 11.9 Å². The van der Waals surface area contributed by atoms with Crippen molar-refractivity contribution in [3.63, 3.8) is 0 Å². The molecule has 0 bridgehead atoms. The number of rotatable bonds is 7. The number of carbonyl (C=O) groups excluding carboxylic acids is 1.